The summed E-state index contributed by atoms with van der Waals surface area (Å²) >= 11 is 0. The topological polar surface area (TPSA) is 68.2 Å². The number of hydrogen-bond acceptors (Lipinski definition) is 4. The number of methoxy groups -OCH3 is 1. The van der Waals surface area contributed by atoms with Crippen LogP contribution >= 0.6 is 0 Å². The maximum Gasteiger partial charge on any atom is 0.233 e. The van der Waals surface area contributed by atoms with Gasteiger partial charge in [0.05, 0.1) is 25.0 Å². The molecular formula is C22H26N4O2. The maximum absolute atomic E-state index is 11.8. The predicted molar refractivity (Wildman–Crippen MR) is 111 cm³/mol. The number of ether oxygens (including phenoxy) is 1. The van der Waals surface area contributed by atoms with Crippen LogP contribution in [-0.4, -0.2) is 35.9 Å². The average Bonchev–Trinajstić information content (AvgIpc) is 3.17. The summed E-state index contributed by atoms with van der Waals surface area (Å²) in [5, 5.41) is 10.9. The van der Waals surface area contributed by atoms with E-state index in [0.717, 1.165) is 34.7 Å². The summed E-state index contributed by atoms with van der Waals surface area (Å²) in [6.07, 6.45) is 2.93. The van der Waals surface area contributed by atoms with Crippen molar-refractivity contribution in [3.05, 3.63) is 66.4 Å². The molecule has 146 valence electrons. The molecule has 0 aliphatic heterocycles. The van der Waals surface area contributed by atoms with Crippen molar-refractivity contribution >= 4 is 5.91 Å². The Kier molecular flexibility index (Phi) is 6.81. The molecule has 6 nitrogen and oxygen atoms in total. The highest BCUT2D eigenvalue weighted by molar-refractivity contribution is 5.78. The maximum atomic E-state index is 11.8. The molecule has 0 bridgehead atoms. The summed E-state index contributed by atoms with van der Waals surface area (Å²) in [7, 11) is 1.65. The fourth-order valence-electron chi connectivity index (χ4n) is 2.88. The van der Waals surface area contributed by atoms with E-state index in [2.05, 4.69) is 10.6 Å². The quantitative estimate of drug-likeness (QED) is 0.600. The molecule has 0 unspecified atom stereocenters. The van der Waals surface area contributed by atoms with Gasteiger partial charge in [0.25, 0.3) is 0 Å². The van der Waals surface area contributed by atoms with E-state index in [1.165, 1.54) is 0 Å². The fraction of sp³-hybridized carbons (Fsp3) is 0.273. The Morgan fingerprint density at radius 2 is 1.86 bits per heavy atom. The standard InChI is InChI=1S/C22H26N4O2/c1-3-13-24-21(27)15-23-14-18-16-26(19-7-5-4-6-8-19)25-22(18)17-9-11-20(28-2)12-10-17/h4-12,16,23H,3,13-15H2,1-2H3,(H,24,27). The van der Waals surface area contributed by atoms with E-state index in [1.807, 2.05) is 72.4 Å². The second-order valence-corrected chi connectivity index (χ2v) is 6.47. The van der Waals surface area contributed by atoms with Crippen LogP contribution in [0.4, 0.5) is 0 Å². The Bertz CT molecular complexity index is 889. The van der Waals surface area contributed by atoms with Gasteiger partial charge >= 0.3 is 0 Å². The van der Waals surface area contributed by atoms with Gasteiger partial charge in [0, 0.05) is 30.4 Å². The van der Waals surface area contributed by atoms with Gasteiger partial charge in [-0.25, -0.2) is 4.68 Å². The first-order chi connectivity index (χ1) is 13.7. The minimum atomic E-state index is 0.00305. The molecule has 3 aromatic rings. The molecule has 0 saturated carbocycles. The molecule has 0 aliphatic carbocycles. The number of benzene rings is 2. The van der Waals surface area contributed by atoms with Crippen LogP contribution in [0.25, 0.3) is 16.9 Å². The molecule has 0 saturated heterocycles. The Morgan fingerprint density at radius 1 is 1.11 bits per heavy atom. The number of hydrogen-bond donors (Lipinski definition) is 2. The third-order valence-electron chi connectivity index (χ3n) is 4.35. The van der Waals surface area contributed by atoms with Crippen molar-refractivity contribution in [2.45, 2.75) is 19.9 Å². The van der Waals surface area contributed by atoms with Gasteiger partial charge in [-0.2, -0.15) is 5.10 Å². The van der Waals surface area contributed by atoms with Gasteiger partial charge < -0.3 is 15.4 Å². The zero-order chi connectivity index (χ0) is 19.8. The summed E-state index contributed by atoms with van der Waals surface area (Å²) in [5.74, 6) is 0.807. The molecule has 3 rings (SSSR count). The summed E-state index contributed by atoms with van der Waals surface area (Å²) in [5.41, 5.74) is 3.90. The highest BCUT2D eigenvalue weighted by Crippen LogP contribution is 2.25. The van der Waals surface area contributed by atoms with Crippen LogP contribution < -0.4 is 15.4 Å². The van der Waals surface area contributed by atoms with E-state index < -0.39 is 0 Å². The summed E-state index contributed by atoms with van der Waals surface area (Å²) in [6.45, 7) is 3.56. The number of nitrogens with zero attached hydrogens (tertiary/aromatic N) is 2. The molecule has 1 heterocycles. The van der Waals surface area contributed by atoms with E-state index in [9.17, 15) is 4.79 Å². The number of carbonyl (C=O) groups excluding carboxylic acids is 1. The Labute approximate surface area is 165 Å². The minimum Gasteiger partial charge on any atom is -0.497 e. The van der Waals surface area contributed by atoms with Gasteiger partial charge in [-0.15, -0.1) is 0 Å². The molecule has 1 amide bonds. The third-order valence-corrected chi connectivity index (χ3v) is 4.35. The first-order valence-corrected chi connectivity index (χ1v) is 9.47. The lowest BCUT2D eigenvalue weighted by Crippen LogP contribution is -2.33. The van der Waals surface area contributed by atoms with E-state index in [1.54, 1.807) is 7.11 Å². The Hall–Kier alpha value is -3.12. The van der Waals surface area contributed by atoms with Crippen LogP contribution in [0, 0.1) is 0 Å². The smallest absolute Gasteiger partial charge is 0.233 e. The molecule has 6 heteroatoms. The van der Waals surface area contributed by atoms with Crippen molar-refractivity contribution in [1.82, 2.24) is 20.4 Å². The normalized spacial score (nSPS) is 10.6. The third kappa shape index (κ3) is 4.98. The van der Waals surface area contributed by atoms with Crippen LogP contribution in [0.5, 0.6) is 5.75 Å². The lowest BCUT2D eigenvalue weighted by Gasteiger charge is -2.06. The monoisotopic (exact) mass is 378 g/mol. The first-order valence-electron chi connectivity index (χ1n) is 9.47. The van der Waals surface area contributed by atoms with Crippen LogP contribution in [0.15, 0.2) is 60.8 Å². The molecule has 0 atom stereocenters. The SMILES string of the molecule is CCCNC(=O)CNCc1cn(-c2ccccc2)nc1-c1ccc(OC)cc1. The molecule has 0 radical (unpaired) electrons. The van der Waals surface area contributed by atoms with Crippen molar-refractivity contribution in [2.75, 3.05) is 20.2 Å². The molecule has 0 fully saturated rings. The average molecular weight is 378 g/mol. The van der Waals surface area contributed by atoms with Crippen molar-refractivity contribution in [2.24, 2.45) is 0 Å². The molecule has 28 heavy (non-hydrogen) atoms. The van der Waals surface area contributed by atoms with Gasteiger partial charge in [-0.3, -0.25) is 4.79 Å². The Balaban J connectivity index is 1.81. The Morgan fingerprint density at radius 3 is 2.54 bits per heavy atom. The second kappa shape index (κ2) is 9.71. The largest absolute Gasteiger partial charge is 0.497 e. The van der Waals surface area contributed by atoms with E-state index in [4.69, 9.17) is 9.84 Å². The first kappa shape index (κ1) is 19.6. The molecule has 2 N–H and O–H groups in total. The van der Waals surface area contributed by atoms with Crippen molar-refractivity contribution in [3.8, 4) is 22.7 Å². The van der Waals surface area contributed by atoms with Crippen LogP contribution in [-0.2, 0) is 11.3 Å². The van der Waals surface area contributed by atoms with Crippen LogP contribution in [0.3, 0.4) is 0 Å². The molecular weight excluding hydrogens is 352 g/mol. The fourth-order valence-corrected chi connectivity index (χ4v) is 2.88. The molecule has 0 spiro atoms. The molecule has 1 aromatic heterocycles. The van der Waals surface area contributed by atoms with Gasteiger partial charge in [-0.05, 0) is 42.8 Å². The summed E-state index contributed by atoms with van der Waals surface area (Å²) in [4.78, 5) is 11.8. The highest BCUT2D eigenvalue weighted by Gasteiger charge is 2.13. The van der Waals surface area contributed by atoms with Crippen molar-refractivity contribution in [3.63, 3.8) is 0 Å². The van der Waals surface area contributed by atoms with E-state index >= 15 is 0 Å². The minimum absolute atomic E-state index is 0.00305. The number of carbonyl (C=O) groups is 1. The number of aromatic nitrogens is 2. The zero-order valence-electron chi connectivity index (χ0n) is 16.3. The van der Waals surface area contributed by atoms with Crippen molar-refractivity contribution < 1.29 is 9.53 Å². The second-order valence-electron chi connectivity index (χ2n) is 6.47. The molecule has 0 aliphatic rings. The summed E-state index contributed by atoms with van der Waals surface area (Å²) in [6, 6.07) is 17.8. The lowest BCUT2D eigenvalue weighted by molar-refractivity contribution is -0.120. The van der Waals surface area contributed by atoms with Crippen LogP contribution in [0.2, 0.25) is 0 Å². The van der Waals surface area contributed by atoms with E-state index in [-0.39, 0.29) is 12.5 Å². The highest BCUT2D eigenvalue weighted by atomic mass is 16.5. The number of nitrogens with one attached hydrogen (secondary N) is 2. The summed E-state index contributed by atoms with van der Waals surface area (Å²) < 4.78 is 7.12. The van der Waals surface area contributed by atoms with Crippen LogP contribution in [0.1, 0.15) is 18.9 Å². The van der Waals surface area contributed by atoms with Gasteiger partial charge in [-0.1, -0.05) is 25.1 Å². The van der Waals surface area contributed by atoms with Gasteiger partial charge in [0.15, 0.2) is 0 Å². The van der Waals surface area contributed by atoms with Gasteiger partial charge in [0.1, 0.15) is 5.75 Å². The zero-order valence-corrected chi connectivity index (χ0v) is 16.3. The number of rotatable bonds is 9. The van der Waals surface area contributed by atoms with E-state index in [0.29, 0.717) is 13.1 Å². The predicted octanol–water partition coefficient (Wildman–Crippen LogP) is 3.16. The lowest BCUT2D eigenvalue weighted by atomic mass is 10.1. The van der Waals surface area contributed by atoms with Gasteiger partial charge in [0.2, 0.25) is 5.91 Å². The number of amides is 1. The van der Waals surface area contributed by atoms with Crippen molar-refractivity contribution in [1.29, 1.82) is 0 Å². The number of para-hydroxylation sites is 1. The molecule has 2 aromatic carbocycles.